The molecule has 0 unspecified atom stereocenters. The van der Waals surface area contributed by atoms with Gasteiger partial charge in [-0.1, -0.05) is 0 Å². The maximum atomic E-state index is 10.8. The number of nitrogens with one attached hydrogen (secondary N) is 1. The number of nitro benzene ring substituents is 1. The molecule has 0 aliphatic heterocycles. The third-order valence-electron chi connectivity index (χ3n) is 1.99. The van der Waals surface area contributed by atoms with Crippen molar-refractivity contribution in [2.24, 2.45) is 0 Å². The molecule has 1 heterocycles. The molecule has 0 radical (unpaired) electrons. The summed E-state index contributed by atoms with van der Waals surface area (Å²) in [6.07, 6.45) is 0. The van der Waals surface area contributed by atoms with Crippen molar-refractivity contribution in [2.45, 2.75) is 0 Å². The number of nitro groups is 1. The van der Waals surface area contributed by atoms with Crippen LogP contribution in [0.5, 0.6) is 0 Å². The predicted octanol–water partition coefficient (Wildman–Crippen LogP) is 2.77. The van der Waals surface area contributed by atoms with Crippen molar-refractivity contribution in [3.05, 3.63) is 41.7 Å². The van der Waals surface area contributed by atoms with Gasteiger partial charge < -0.3 is 0 Å². The minimum Gasteiger partial charge on any atom is -0.258 e. The van der Waals surface area contributed by atoms with Gasteiger partial charge in [0, 0.05) is 44.4 Å². The highest BCUT2D eigenvalue weighted by atomic mass is 127. The summed E-state index contributed by atoms with van der Waals surface area (Å²) in [7, 11) is 0. The molecule has 0 bridgehead atoms. The summed E-state index contributed by atoms with van der Waals surface area (Å²) in [6, 6.07) is 6.93. The van der Waals surface area contributed by atoms with E-state index in [1.807, 2.05) is 12.1 Å². The summed E-state index contributed by atoms with van der Waals surface area (Å²) in [5.41, 5.74) is 0.935. The summed E-state index contributed by atoms with van der Waals surface area (Å²) >= 11 is 4.27. The zero-order valence-corrected chi connectivity index (χ0v) is 11.6. The molecule has 2 rings (SSSR count). The molecule has 1 aromatic carbocycles. The fourth-order valence-corrected chi connectivity index (χ4v) is 3.47. The van der Waals surface area contributed by atoms with E-state index in [0.29, 0.717) is 5.39 Å². The Kier molecular flexibility index (Phi) is 3.05. The summed E-state index contributed by atoms with van der Waals surface area (Å²) in [6.45, 7) is 0. The van der Waals surface area contributed by atoms with E-state index in [4.69, 9.17) is 0 Å². The lowest BCUT2D eigenvalue weighted by Crippen LogP contribution is -2.10. The number of benzene rings is 1. The summed E-state index contributed by atoms with van der Waals surface area (Å²) in [5.74, 6) is 0. The number of halogens is 2. The van der Waals surface area contributed by atoms with Crippen LogP contribution >= 0.6 is 45.2 Å². The molecule has 0 atom stereocenters. The smallest absolute Gasteiger partial charge is 0.258 e. The van der Waals surface area contributed by atoms with Crippen LogP contribution in [0, 0.1) is 17.4 Å². The Morgan fingerprint density at radius 2 is 2.07 bits per heavy atom. The number of nitrogens with zero attached hydrogens (tertiary/aromatic N) is 1. The molecule has 0 aliphatic rings. The molecule has 76 valence electrons. The Labute approximate surface area is 113 Å². The Morgan fingerprint density at radius 3 is 2.73 bits per heavy atom. The van der Waals surface area contributed by atoms with Crippen LogP contribution in [0.15, 0.2) is 24.3 Å². The highest BCUT2D eigenvalue weighted by Gasteiger charge is 2.18. The largest absolute Gasteiger partial charge is 0.284 e. The lowest BCUT2D eigenvalue weighted by Gasteiger charge is -1.97. The number of fused-ring (bicyclic) bond motifs is 1. The molecule has 6 heteroatoms. The van der Waals surface area contributed by atoms with E-state index in [1.165, 1.54) is 6.07 Å². The van der Waals surface area contributed by atoms with Crippen LogP contribution in [-0.4, -0.2) is 4.92 Å². The van der Waals surface area contributed by atoms with Crippen LogP contribution < -0.4 is 4.98 Å². The molecule has 0 aliphatic carbocycles. The third kappa shape index (κ3) is 2.05. The van der Waals surface area contributed by atoms with E-state index < -0.39 is 0 Å². The topological polar surface area (TPSA) is 57.3 Å². The minimum absolute atomic E-state index is 0.143. The van der Waals surface area contributed by atoms with Gasteiger partial charge in [0.15, 0.2) is 0 Å². The number of rotatable bonds is 1. The van der Waals surface area contributed by atoms with Crippen LogP contribution in [-0.2, 0) is 0 Å². The van der Waals surface area contributed by atoms with Gasteiger partial charge in [-0.05, 0) is 28.7 Å². The number of aromatic nitrogens is 1. The molecule has 0 fully saturated rings. The second-order valence-electron chi connectivity index (χ2n) is 2.92. The summed E-state index contributed by atoms with van der Waals surface area (Å²) < 4.78 is 1.85. The van der Waals surface area contributed by atoms with Gasteiger partial charge in [0.05, 0.1) is 4.92 Å². The molecular formula is C9H5I2N2O2+. The Hall–Kier alpha value is -0.510. The van der Waals surface area contributed by atoms with E-state index >= 15 is 0 Å². The number of hydrogen-bond acceptors (Lipinski definition) is 2. The van der Waals surface area contributed by atoms with Gasteiger partial charge >= 0.3 is 0 Å². The van der Waals surface area contributed by atoms with Crippen molar-refractivity contribution in [2.75, 3.05) is 0 Å². The first-order valence-electron chi connectivity index (χ1n) is 4.04. The maximum Gasteiger partial charge on any atom is 0.284 e. The van der Waals surface area contributed by atoms with Gasteiger partial charge in [0.2, 0.25) is 9.22 Å². The SMILES string of the molecule is O=[N+]([O-])c1cccc2[nH+]c(I)cc(I)c12. The zero-order chi connectivity index (χ0) is 11.0. The number of H-pyrrole nitrogens is 1. The third-order valence-corrected chi connectivity index (χ3v) is 3.42. The quantitative estimate of drug-likeness (QED) is 0.305. The Balaban J connectivity index is 2.91. The second kappa shape index (κ2) is 4.16. The van der Waals surface area contributed by atoms with Gasteiger partial charge in [-0.15, -0.1) is 0 Å². The maximum absolute atomic E-state index is 10.8. The second-order valence-corrected chi connectivity index (χ2v) is 5.25. The molecular weight excluding hydrogens is 422 g/mol. The van der Waals surface area contributed by atoms with Crippen molar-refractivity contribution in [1.29, 1.82) is 0 Å². The summed E-state index contributed by atoms with van der Waals surface area (Å²) in [5, 5.41) is 11.5. The van der Waals surface area contributed by atoms with Gasteiger partial charge in [-0.3, -0.25) is 10.1 Å². The van der Waals surface area contributed by atoms with E-state index in [9.17, 15) is 10.1 Å². The van der Waals surface area contributed by atoms with Gasteiger partial charge in [0.1, 0.15) is 5.39 Å². The molecule has 4 nitrogen and oxygen atoms in total. The normalized spacial score (nSPS) is 10.5. The molecule has 0 saturated carbocycles. The molecule has 0 spiro atoms. The van der Waals surface area contributed by atoms with Gasteiger partial charge in [-0.25, -0.2) is 0 Å². The average molecular weight is 427 g/mol. The van der Waals surface area contributed by atoms with Crippen LogP contribution in [0.4, 0.5) is 5.69 Å². The monoisotopic (exact) mass is 427 g/mol. The average Bonchev–Trinajstić information content (AvgIpc) is 2.16. The molecule has 0 saturated heterocycles. The Morgan fingerprint density at radius 1 is 1.33 bits per heavy atom. The molecule has 2 aromatic rings. The first-order chi connectivity index (χ1) is 7.09. The lowest BCUT2D eigenvalue weighted by atomic mass is 10.2. The van der Waals surface area contributed by atoms with E-state index in [0.717, 1.165) is 12.8 Å². The standard InChI is InChI=1S/C9H4I2N2O2/c10-5-4-8(11)12-6-2-1-3-7(9(5)6)13(14)15/h1-4H/p+1. The van der Waals surface area contributed by atoms with Crippen LogP contribution in [0.1, 0.15) is 0 Å². The van der Waals surface area contributed by atoms with E-state index in [1.54, 1.807) is 6.07 Å². The fourth-order valence-electron chi connectivity index (χ4n) is 1.40. The minimum atomic E-state index is -0.356. The van der Waals surface area contributed by atoms with E-state index in [-0.39, 0.29) is 10.6 Å². The first kappa shape index (κ1) is 11.0. The first-order valence-corrected chi connectivity index (χ1v) is 6.20. The van der Waals surface area contributed by atoms with Gasteiger partial charge in [-0.2, -0.15) is 4.98 Å². The van der Waals surface area contributed by atoms with Crippen LogP contribution in [0.3, 0.4) is 0 Å². The number of aromatic amines is 1. The van der Waals surface area contributed by atoms with Crippen molar-refractivity contribution in [3.8, 4) is 0 Å². The highest BCUT2D eigenvalue weighted by molar-refractivity contribution is 14.1. The molecule has 1 N–H and O–H groups in total. The van der Waals surface area contributed by atoms with Gasteiger partial charge in [0.25, 0.3) is 5.69 Å². The lowest BCUT2D eigenvalue weighted by molar-refractivity contribution is -0.384. The Bertz CT molecular complexity index is 557. The number of non-ortho nitro benzene ring substituents is 1. The van der Waals surface area contributed by atoms with Crippen molar-refractivity contribution in [1.82, 2.24) is 0 Å². The van der Waals surface area contributed by atoms with Crippen molar-refractivity contribution in [3.63, 3.8) is 0 Å². The zero-order valence-electron chi connectivity index (χ0n) is 7.33. The molecule has 0 amide bonds. The fraction of sp³-hybridized carbons (Fsp3) is 0. The molecule has 15 heavy (non-hydrogen) atoms. The predicted molar refractivity (Wildman–Crippen MR) is 72.6 cm³/mol. The summed E-state index contributed by atoms with van der Waals surface area (Å²) in [4.78, 5) is 13.6. The van der Waals surface area contributed by atoms with Crippen LogP contribution in [0.25, 0.3) is 10.9 Å². The van der Waals surface area contributed by atoms with Crippen molar-refractivity contribution >= 4 is 61.8 Å². The van der Waals surface area contributed by atoms with Crippen LogP contribution in [0.2, 0.25) is 0 Å². The van der Waals surface area contributed by atoms with Crippen molar-refractivity contribution < 1.29 is 9.91 Å². The molecule has 1 aromatic heterocycles. The number of pyridine rings is 1. The number of hydrogen-bond donors (Lipinski definition) is 0. The highest BCUT2D eigenvalue weighted by Crippen LogP contribution is 2.27. The van der Waals surface area contributed by atoms with E-state index in [2.05, 4.69) is 50.2 Å².